The Bertz CT molecular complexity index is 498. The highest BCUT2D eigenvalue weighted by molar-refractivity contribution is 5.91. The molecule has 2 rings (SSSR count). The number of fused-ring (bicyclic) bond motifs is 1. The van der Waals surface area contributed by atoms with Crippen molar-refractivity contribution in [3.8, 4) is 0 Å². The molecule has 0 radical (unpaired) electrons. The van der Waals surface area contributed by atoms with Crippen molar-refractivity contribution in [2.75, 3.05) is 0 Å². The van der Waals surface area contributed by atoms with E-state index in [-0.39, 0.29) is 0 Å². The molecule has 1 aromatic carbocycles. The summed E-state index contributed by atoms with van der Waals surface area (Å²) in [5.74, 6) is -0.325. The number of hydrogen-bond acceptors (Lipinski definition) is 1. The van der Waals surface area contributed by atoms with E-state index in [2.05, 4.69) is 32.9 Å². The maximum absolute atomic E-state index is 10.9. The van der Waals surface area contributed by atoms with Crippen LogP contribution in [-0.2, 0) is 11.2 Å². The quantitative estimate of drug-likeness (QED) is 0.751. The molecule has 1 aliphatic carbocycles. The Morgan fingerprint density at radius 2 is 2.06 bits per heavy atom. The van der Waals surface area contributed by atoms with Gasteiger partial charge in [0.15, 0.2) is 0 Å². The van der Waals surface area contributed by atoms with Gasteiger partial charge in [0.05, 0.1) is 0 Å². The fourth-order valence-corrected chi connectivity index (χ4v) is 2.75. The molecule has 0 saturated carbocycles. The molecular formula is C15H18O2. The molecule has 0 bridgehead atoms. The molecule has 1 unspecified atom stereocenters. The summed E-state index contributed by atoms with van der Waals surface area (Å²) in [6.45, 7) is 6.35. The predicted octanol–water partition coefficient (Wildman–Crippen LogP) is 3.35. The van der Waals surface area contributed by atoms with Gasteiger partial charge in [-0.15, -0.1) is 0 Å². The van der Waals surface area contributed by atoms with E-state index in [1.807, 2.05) is 0 Å². The Labute approximate surface area is 102 Å². The topological polar surface area (TPSA) is 37.3 Å². The third-order valence-electron chi connectivity index (χ3n) is 3.38. The molecule has 0 heterocycles. The van der Waals surface area contributed by atoms with Crippen molar-refractivity contribution in [3.05, 3.63) is 40.5 Å². The largest absolute Gasteiger partial charge is 0.478 e. The van der Waals surface area contributed by atoms with E-state index in [1.165, 1.54) is 22.8 Å². The van der Waals surface area contributed by atoms with Crippen molar-refractivity contribution in [1.82, 2.24) is 0 Å². The SMILES string of the molecule is Cc1cc(C)c2c(c1)/C(=C/C(=O)O)CC(C)C2. The number of rotatable bonds is 1. The van der Waals surface area contributed by atoms with Crippen molar-refractivity contribution in [3.63, 3.8) is 0 Å². The predicted molar refractivity (Wildman–Crippen MR) is 69.0 cm³/mol. The van der Waals surface area contributed by atoms with Gasteiger partial charge in [-0.2, -0.15) is 0 Å². The lowest BCUT2D eigenvalue weighted by Crippen LogP contribution is -2.13. The van der Waals surface area contributed by atoms with Crippen LogP contribution in [0.2, 0.25) is 0 Å². The Morgan fingerprint density at radius 1 is 1.35 bits per heavy atom. The standard InChI is InChI=1S/C15H18O2/c1-9-4-11(3)13-6-10(2)5-12(8-15(16)17)14(13)7-9/h4,7-8,10H,5-6H2,1-3H3,(H,16,17)/b12-8+. The van der Waals surface area contributed by atoms with E-state index in [1.54, 1.807) is 0 Å². The van der Waals surface area contributed by atoms with Gasteiger partial charge < -0.3 is 5.11 Å². The second-order valence-electron chi connectivity index (χ2n) is 5.13. The minimum absolute atomic E-state index is 0.523. The van der Waals surface area contributed by atoms with Gasteiger partial charge in [0.25, 0.3) is 0 Å². The number of carboxylic acid groups (broad SMARTS) is 1. The van der Waals surface area contributed by atoms with E-state index in [0.29, 0.717) is 5.92 Å². The van der Waals surface area contributed by atoms with Gasteiger partial charge >= 0.3 is 5.97 Å². The number of hydrogen-bond donors (Lipinski definition) is 1. The van der Waals surface area contributed by atoms with Crippen LogP contribution in [0.3, 0.4) is 0 Å². The summed E-state index contributed by atoms with van der Waals surface area (Å²) >= 11 is 0. The molecule has 0 spiro atoms. The number of aliphatic carboxylic acids is 1. The van der Waals surface area contributed by atoms with Gasteiger partial charge in [0, 0.05) is 6.08 Å². The summed E-state index contributed by atoms with van der Waals surface area (Å²) in [6.07, 6.45) is 3.29. The van der Waals surface area contributed by atoms with Gasteiger partial charge in [-0.3, -0.25) is 0 Å². The summed E-state index contributed by atoms with van der Waals surface area (Å²) in [6, 6.07) is 4.29. The van der Waals surface area contributed by atoms with Crippen molar-refractivity contribution >= 4 is 11.5 Å². The number of carboxylic acids is 1. The zero-order valence-corrected chi connectivity index (χ0v) is 10.6. The van der Waals surface area contributed by atoms with E-state index >= 15 is 0 Å². The fraction of sp³-hybridized carbons (Fsp3) is 0.400. The van der Waals surface area contributed by atoms with Crippen LogP contribution < -0.4 is 0 Å². The molecular weight excluding hydrogens is 212 g/mol. The first-order valence-corrected chi connectivity index (χ1v) is 6.01. The van der Waals surface area contributed by atoms with E-state index in [0.717, 1.165) is 24.0 Å². The molecule has 1 N–H and O–H groups in total. The first-order chi connectivity index (χ1) is 7.97. The molecule has 90 valence electrons. The third-order valence-corrected chi connectivity index (χ3v) is 3.38. The summed E-state index contributed by atoms with van der Waals surface area (Å²) in [5, 5.41) is 8.94. The second kappa shape index (κ2) is 4.36. The maximum atomic E-state index is 10.9. The van der Waals surface area contributed by atoms with Crippen LogP contribution in [0, 0.1) is 19.8 Å². The average Bonchev–Trinajstić information content (AvgIpc) is 2.19. The van der Waals surface area contributed by atoms with Crippen LogP contribution in [0.4, 0.5) is 0 Å². The summed E-state index contributed by atoms with van der Waals surface area (Å²) < 4.78 is 0. The molecule has 1 aliphatic rings. The van der Waals surface area contributed by atoms with Crippen LogP contribution in [0.15, 0.2) is 18.2 Å². The minimum atomic E-state index is -0.848. The van der Waals surface area contributed by atoms with Crippen LogP contribution >= 0.6 is 0 Å². The third kappa shape index (κ3) is 2.41. The molecule has 1 aromatic rings. The van der Waals surface area contributed by atoms with Crippen LogP contribution in [-0.4, -0.2) is 11.1 Å². The number of benzene rings is 1. The summed E-state index contributed by atoms with van der Waals surface area (Å²) in [4.78, 5) is 10.9. The lowest BCUT2D eigenvalue weighted by atomic mass is 9.79. The molecule has 0 fully saturated rings. The van der Waals surface area contributed by atoms with Crippen LogP contribution in [0.5, 0.6) is 0 Å². The highest BCUT2D eigenvalue weighted by atomic mass is 16.4. The number of aryl methyl sites for hydroxylation is 2. The zero-order valence-electron chi connectivity index (χ0n) is 10.6. The minimum Gasteiger partial charge on any atom is -0.478 e. The van der Waals surface area contributed by atoms with Gasteiger partial charge in [-0.1, -0.05) is 24.6 Å². The van der Waals surface area contributed by atoms with Gasteiger partial charge in [-0.05, 0) is 54.9 Å². The number of carbonyl (C=O) groups is 1. The molecule has 1 atom stereocenters. The van der Waals surface area contributed by atoms with Gasteiger partial charge in [0.1, 0.15) is 0 Å². The molecule has 0 aliphatic heterocycles. The van der Waals surface area contributed by atoms with Crippen molar-refractivity contribution in [1.29, 1.82) is 0 Å². The van der Waals surface area contributed by atoms with Gasteiger partial charge in [-0.25, -0.2) is 4.79 Å². The second-order valence-corrected chi connectivity index (χ2v) is 5.13. The highest BCUT2D eigenvalue weighted by Crippen LogP contribution is 2.36. The summed E-state index contributed by atoms with van der Waals surface area (Å²) in [5.41, 5.74) is 5.91. The van der Waals surface area contributed by atoms with E-state index in [9.17, 15) is 4.79 Å². The van der Waals surface area contributed by atoms with Gasteiger partial charge in [0.2, 0.25) is 0 Å². The average molecular weight is 230 g/mol. The Hall–Kier alpha value is -1.57. The first kappa shape index (κ1) is 11.9. The van der Waals surface area contributed by atoms with E-state index in [4.69, 9.17) is 5.11 Å². The molecule has 0 saturated heterocycles. The smallest absolute Gasteiger partial charge is 0.328 e. The monoisotopic (exact) mass is 230 g/mol. The van der Waals surface area contributed by atoms with Crippen LogP contribution in [0.1, 0.15) is 35.6 Å². The van der Waals surface area contributed by atoms with Crippen molar-refractivity contribution < 1.29 is 9.90 Å². The van der Waals surface area contributed by atoms with Crippen LogP contribution in [0.25, 0.3) is 5.57 Å². The first-order valence-electron chi connectivity index (χ1n) is 6.01. The fourth-order valence-electron chi connectivity index (χ4n) is 2.75. The zero-order chi connectivity index (χ0) is 12.6. The molecule has 0 amide bonds. The normalized spacial score (nSPS) is 21.4. The Kier molecular flexibility index (Phi) is 3.05. The van der Waals surface area contributed by atoms with Crippen molar-refractivity contribution in [2.24, 2.45) is 5.92 Å². The molecule has 17 heavy (non-hydrogen) atoms. The highest BCUT2D eigenvalue weighted by Gasteiger charge is 2.21. The Morgan fingerprint density at radius 3 is 2.71 bits per heavy atom. The molecule has 2 nitrogen and oxygen atoms in total. The summed E-state index contributed by atoms with van der Waals surface area (Å²) in [7, 11) is 0. The Balaban J connectivity index is 2.60. The van der Waals surface area contributed by atoms with Crippen molar-refractivity contribution in [2.45, 2.75) is 33.6 Å². The van der Waals surface area contributed by atoms with E-state index < -0.39 is 5.97 Å². The molecule has 2 heteroatoms. The lowest BCUT2D eigenvalue weighted by Gasteiger charge is -2.26. The maximum Gasteiger partial charge on any atom is 0.328 e. The molecule has 0 aromatic heterocycles. The lowest BCUT2D eigenvalue weighted by molar-refractivity contribution is -0.131. The number of allylic oxidation sites excluding steroid dienone is 1.